The summed E-state index contributed by atoms with van der Waals surface area (Å²) in [6, 6.07) is 6.31. The number of fused-ring (bicyclic) bond motifs is 1. The molecule has 2 aromatic heterocycles. The molecular formula is C18H10F6N2O. The van der Waals surface area contributed by atoms with E-state index in [-0.39, 0.29) is 22.2 Å². The highest BCUT2D eigenvalue weighted by Gasteiger charge is 2.37. The molecule has 0 aliphatic rings. The molecule has 0 aliphatic heterocycles. The number of Topliss-reactive ketones (excluding diaryl/α,β-unsaturated/α-hetero) is 1. The molecule has 0 fully saturated rings. The van der Waals surface area contributed by atoms with Crippen LogP contribution in [0.25, 0.3) is 22.0 Å². The molecule has 1 aromatic carbocycles. The second-order valence-corrected chi connectivity index (χ2v) is 5.71. The fourth-order valence-corrected chi connectivity index (χ4v) is 2.75. The zero-order valence-electron chi connectivity index (χ0n) is 13.6. The summed E-state index contributed by atoms with van der Waals surface area (Å²) >= 11 is 0. The van der Waals surface area contributed by atoms with Crippen LogP contribution in [0, 0.1) is 0 Å². The van der Waals surface area contributed by atoms with Gasteiger partial charge in [0.1, 0.15) is 11.4 Å². The van der Waals surface area contributed by atoms with Crippen LogP contribution in [0.3, 0.4) is 0 Å². The number of halogens is 6. The summed E-state index contributed by atoms with van der Waals surface area (Å²) in [5.74, 6) is -0.531. The zero-order chi connectivity index (χ0) is 20.0. The molecule has 0 unspecified atom stereocenters. The second-order valence-electron chi connectivity index (χ2n) is 5.71. The third kappa shape index (κ3) is 3.49. The molecule has 0 atom stereocenters. The van der Waals surface area contributed by atoms with Gasteiger partial charge in [-0.3, -0.25) is 9.78 Å². The van der Waals surface area contributed by atoms with Crippen molar-refractivity contribution in [2.24, 2.45) is 0 Å². The molecule has 0 bridgehead atoms. The summed E-state index contributed by atoms with van der Waals surface area (Å²) in [4.78, 5) is 18.9. The molecule has 0 aliphatic carbocycles. The standard InChI is InChI=1S/C18H10F6N2O/c1-9(27)15-10(5-3-7-25-15)12-8-14(18(22,23)24)26-16-11(12)4-2-6-13(16)17(19,20)21/h2-8H,1H3. The molecule has 3 nitrogen and oxygen atoms in total. The number of carbonyl (C=O) groups excluding carboxylic acids is 1. The molecule has 2 heterocycles. The van der Waals surface area contributed by atoms with Crippen molar-refractivity contribution in [1.82, 2.24) is 9.97 Å². The molecule has 0 amide bonds. The van der Waals surface area contributed by atoms with Gasteiger partial charge in [-0.2, -0.15) is 26.3 Å². The first kappa shape index (κ1) is 18.8. The first-order valence-electron chi connectivity index (χ1n) is 7.54. The Balaban J connectivity index is 2.48. The lowest BCUT2D eigenvalue weighted by Crippen LogP contribution is -2.12. The number of carbonyl (C=O) groups is 1. The van der Waals surface area contributed by atoms with Crippen LogP contribution in [0.15, 0.2) is 42.6 Å². The number of nitrogens with zero attached hydrogens (tertiary/aromatic N) is 2. The summed E-state index contributed by atoms with van der Waals surface area (Å²) in [5, 5.41) is -0.159. The minimum absolute atomic E-state index is 0.00206. The number of hydrogen-bond donors (Lipinski definition) is 0. The molecule has 3 rings (SSSR count). The van der Waals surface area contributed by atoms with E-state index in [1.807, 2.05) is 0 Å². The number of pyridine rings is 2. The fraction of sp³-hybridized carbons (Fsp3) is 0.167. The maximum Gasteiger partial charge on any atom is 0.433 e. The van der Waals surface area contributed by atoms with Crippen LogP contribution < -0.4 is 0 Å². The van der Waals surface area contributed by atoms with Gasteiger partial charge in [-0.25, -0.2) is 4.98 Å². The Kier molecular flexibility index (Phi) is 4.41. The molecule has 0 spiro atoms. The van der Waals surface area contributed by atoms with Crippen molar-refractivity contribution < 1.29 is 31.1 Å². The van der Waals surface area contributed by atoms with Crippen LogP contribution in [0.5, 0.6) is 0 Å². The highest BCUT2D eigenvalue weighted by atomic mass is 19.4. The molecule has 27 heavy (non-hydrogen) atoms. The largest absolute Gasteiger partial charge is 0.433 e. The average molecular weight is 384 g/mol. The molecule has 0 N–H and O–H groups in total. The number of rotatable bonds is 2. The average Bonchev–Trinajstić information content (AvgIpc) is 2.58. The summed E-state index contributed by atoms with van der Waals surface area (Å²) in [6.07, 6.45) is -8.60. The van der Waals surface area contributed by atoms with E-state index < -0.39 is 34.9 Å². The van der Waals surface area contributed by atoms with Gasteiger partial charge >= 0.3 is 12.4 Å². The Hall–Kier alpha value is -2.97. The maximum atomic E-state index is 13.3. The predicted molar refractivity (Wildman–Crippen MR) is 85.0 cm³/mol. The van der Waals surface area contributed by atoms with E-state index >= 15 is 0 Å². The molecule has 0 radical (unpaired) electrons. The zero-order valence-corrected chi connectivity index (χ0v) is 13.6. The summed E-state index contributed by atoms with van der Waals surface area (Å²) in [7, 11) is 0. The topological polar surface area (TPSA) is 42.9 Å². The van der Waals surface area contributed by atoms with E-state index in [4.69, 9.17) is 0 Å². The number of ketones is 1. The lowest BCUT2D eigenvalue weighted by atomic mass is 9.96. The molecule has 0 saturated carbocycles. The van der Waals surface area contributed by atoms with Crippen molar-refractivity contribution in [3.63, 3.8) is 0 Å². The van der Waals surface area contributed by atoms with E-state index in [2.05, 4.69) is 9.97 Å². The lowest BCUT2D eigenvalue weighted by Gasteiger charge is -2.16. The van der Waals surface area contributed by atoms with Gasteiger partial charge in [0.25, 0.3) is 0 Å². The summed E-state index contributed by atoms with van der Waals surface area (Å²) in [5.41, 5.74) is -3.96. The van der Waals surface area contributed by atoms with Gasteiger partial charge in [0.2, 0.25) is 0 Å². The Labute approximate surface area is 148 Å². The Bertz CT molecular complexity index is 1040. The Morgan fingerprint density at radius 2 is 1.63 bits per heavy atom. The van der Waals surface area contributed by atoms with Crippen LogP contribution in [-0.4, -0.2) is 15.8 Å². The quantitative estimate of drug-likeness (QED) is 0.431. The number of hydrogen-bond acceptors (Lipinski definition) is 3. The van der Waals surface area contributed by atoms with Gasteiger partial charge in [0.05, 0.1) is 11.1 Å². The van der Waals surface area contributed by atoms with Gasteiger partial charge in [-0.1, -0.05) is 18.2 Å². The number of para-hydroxylation sites is 1. The molecular weight excluding hydrogens is 374 g/mol. The second kappa shape index (κ2) is 6.33. The lowest BCUT2D eigenvalue weighted by molar-refractivity contribution is -0.142. The van der Waals surface area contributed by atoms with Crippen LogP contribution in [0.2, 0.25) is 0 Å². The normalized spacial score (nSPS) is 12.4. The van der Waals surface area contributed by atoms with E-state index in [0.717, 1.165) is 6.07 Å². The minimum atomic E-state index is -4.97. The number of alkyl halides is 6. The first-order chi connectivity index (χ1) is 12.5. The van der Waals surface area contributed by atoms with Crippen molar-refractivity contribution in [1.29, 1.82) is 0 Å². The molecule has 9 heteroatoms. The van der Waals surface area contributed by atoms with Crippen molar-refractivity contribution >= 4 is 16.7 Å². The predicted octanol–water partition coefficient (Wildman–Crippen LogP) is 5.54. The van der Waals surface area contributed by atoms with Crippen LogP contribution in [0.4, 0.5) is 26.3 Å². The number of aromatic nitrogens is 2. The summed E-state index contributed by atoms with van der Waals surface area (Å²) in [6.45, 7) is 1.17. The third-order valence-electron chi connectivity index (χ3n) is 3.87. The van der Waals surface area contributed by atoms with E-state index in [0.29, 0.717) is 12.1 Å². The first-order valence-corrected chi connectivity index (χ1v) is 7.54. The van der Waals surface area contributed by atoms with E-state index in [1.54, 1.807) is 0 Å². The van der Waals surface area contributed by atoms with Gasteiger partial charge < -0.3 is 0 Å². The smallest absolute Gasteiger partial charge is 0.293 e. The molecule has 0 saturated heterocycles. The van der Waals surface area contributed by atoms with Crippen molar-refractivity contribution in [2.75, 3.05) is 0 Å². The third-order valence-corrected chi connectivity index (χ3v) is 3.87. The fourth-order valence-electron chi connectivity index (χ4n) is 2.75. The van der Waals surface area contributed by atoms with Crippen molar-refractivity contribution in [3.05, 3.63) is 59.5 Å². The van der Waals surface area contributed by atoms with Crippen LogP contribution in [0.1, 0.15) is 28.7 Å². The van der Waals surface area contributed by atoms with E-state index in [1.165, 1.54) is 31.3 Å². The highest BCUT2D eigenvalue weighted by Crippen LogP contribution is 2.40. The maximum absolute atomic E-state index is 13.3. The SMILES string of the molecule is CC(=O)c1ncccc1-c1cc(C(F)(F)F)nc2c(C(F)(F)F)cccc12. The van der Waals surface area contributed by atoms with Gasteiger partial charge in [0.15, 0.2) is 5.78 Å². The van der Waals surface area contributed by atoms with Crippen molar-refractivity contribution in [2.45, 2.75) is 19.3 Å². The van der Waals surface area contributed by atoms with Crippen LogP contribution >= 0.6 is 0 Å². The van der Waals surface area contributed by atoms with E-state index in [9.17, 15) is 31.1 Å². The highest BCUT2D eigenvalue weighted by molar-refractivity contribution is 6.04. The van der Waals surface area contributed by atoms with Crippen molar-refractivity contribution in [3.8, 4) is 11.1 Å². The monoisotopic (exact) mass is 384 g/mol. The number of benzene rings is 1. The molecule has 140 valence electrons. The Morgan fingerprint density at radius 1 is 0.926 bits per heavy atom. The summed E-state index contributed by atoms with van der Waals surface area (Å²) < 4.78 is 79.7. The van der Waals surface area contributed by atoms with Crippen LogP contribution in [-0.2, 0) is 12.4 Å². The van der Waals surface area contributed by atoms with Gasteiger partial charge in [0, 0.05) is 24.1 Å². The Morgan fingerprint density at radius 3 is 2.22 bits per heavy atom. The van der Waals surface area contributed by atoms with Gasteiger partial charge in [-0.05, 0) is 23.8 Å². The van der Waals surface area contributed by atoms with Gasteiger partial charge in [-0.15, -0.1) is 0 Å². The minimum Gasteiger partial charge on any atom is -0.293 e. The molecule has 3 aromatic rings.